The number of hydrogen-bond acceptors (Lipinski definition) is 4. The van der Waals surface area contributed by atoms with Crippen molar-refractivity contribution in [1.82, 2.24) is 0 Å². The molecule has 0 spiro atoms. The third kappa shape index (κ3) is 19.1. The molecular formula is H4Na2O6S3. The fraction of sp³-hybridized carbons (Fsp3) is 0. The molecule has 0 rings (SSSR count). The summed E-state index contributed by atoms with van der Waals surface area (Å²) in [5.41, 5.74) is 0. The first kappa shape index (κ1) is 19.1. The quantitative estimate of drug-likeness (QED) is 0.206. The van der Waals surface area contributed by atoms with Crippen molar-refractivity contribution in [3.8, 4) is 0 Å². The van der Waals surface area contributed by atoms with E-state index in [1.165, 1.54) is 0 Å². The van der Waals surface area contributed by atoms with E-state index < -0.39 is 27.9 Å². The van der Waals surface area contributed by atoms with Gasteiger partial charge in [0, 0.05) is 0 Å². The molecule has 0 bridgehead atoms. The van der Waals surface area contributed by atoms with Gasteiger partial charge in [0.2, 0.25) is 9.05 Å². The molecule has 0 fully saturated rings. The van der Waals surface area contributed by atoms with Gasteiger partial charge >= 0.3 is 59.1 Å². The molecule has 0 unspecified atom stereocenters. The summed E-state index contributed by atoms with van der Waals surface area (Å²) in [6.45, 7) is 0. The summed E-state index contributed by atoms with van der Waals surface area (Å²) in [5, 5.41) is 0. The smallest absolute Gasteiger partial charge is 0.793 e. The maximum absolute atomic E-state index is 9.73. The fourth-order valence-corrected chi connectivity index (χ4v) is 3.52. The minimum Gasteiger partial charge on any atom is -0.793 e. The Morgan fingerprint density at radius 2 is 1.55 bits per heavy atom. The van der Waals surface area contributed by atoms with Gasteiger partial charge in [-0.3, -0.25) is 9.11 Å². The molecule has 0 aliphatic heterocycles. The maximum Gasteiger partial charge on any atom is 1.00 e. The van der Waals surface area contributed by atoms with Gasteiger partial charge in [-0.25, -0.2) is 4.21 Å². The minimum absolute atomic E-state index is 0. The van der Waals surface area contributed by atoms with Gasteiger partial charge in [-0.1, -0.05) is 9.35 Å². The summed E-state index contributed by atoms with van der Waals surface area (Å²) in [6, 6.07) is 0. The van der Waals surface area contributed by atoms with E-state index in [-0.39, 0.29) is 59.1 Å². The monoisotopic (exact) mass is 242 g/mol. The van der Waals surface area contributed by atoms with Crippen molar-refractivity contribution in [3.05, 3.63) is 0 Å². The summed E-state index contributed by atoms with van der Waals surface area (Å²) in [6.07, 6.45) is 0. The molecule has 0 aromatic carbocycles. The molecule has 11 heavy (non-hydrogen) atoms. The van der Waals surface area contributed by atoms with Gasteiger partial charge in [0.25, 0.3) is 0 Å². The van der Waals surface area contributed by atoms with E-state index in [0.717, 1.165) is 0 Å². The summed E-state index contributed by atoms with van der Waals surface area (Å²) in [7, 11) is -10.9. The summed E-state index contributed by atoms with van der Waals surface area (Å²) in [5.74, 6) is 0. The Labute approximate surface area is 112 Å². The first-order chi connectivity index (χ1) is 3.71. The van der Waals surface area contributed by atoms with Gasteiger partial charge < -0.3 is 13.3 Å². The molecule has 0 saturated carbocycles. The van der Waals surface area contributed by atoms with Crippen LogP contribution in [0.25, 0.3) is 0 Å². The Balaban J connectivity index is -0.000000320. The topological polar surface area (TPSA) is 121 Å². The van der Waals surface area contributed by atoms with E-state index in [1.54, 1.807) is 0 Å². The Bertz CT molecular complexity index is 235. The Kier molecular flexibility index (Phi) is 11.9. The van der Waals surface area contributed by atoms with Crippen molar-refractivity contribution in [2.24, 2.45) is 0 Å². The average molecular weight is 242 g/mol. The van der Waals surface area contributed by atoms with E-state index in [2.05, 4.69) is 0 Å². The van der Waals surface area contributed by atoms with Crippen molar-refractivity contribution >= 4 is 27.9 Å². The second kappa shape index (κ2) is 6.87. The first-order valence-corrected chi connectivity index (χ1v) is 6.68. The third-order valence-electron chi connectivity index (χ3n) is 0.206. The Morgan fingerprint density at radius 3 is 1.55 bits per heavy atom. The first-order valence-electron chi connectivity index (χ1n) is 1.46. The number of thiol groups is 2. The van der Waals surface area contributed by atoms with Crippen LogP contribution in [0.15, 0.2) is 0 Å². The largest absolute Gasteiger partial charge is 1.00 e. The van der Waals surface area contributed by atoms with Crippen LogP contribution in [0.3, 0.4) is 0 Å². The van der Waals surface area contributed by atoms with E-state index in [9.17, 15) is 17.5 Å². The number of hydrogen-bond donors (Lipinski definition) is 4. The summed E-state index contributed by atoms with van der Waals surface area (Å²) < 4.78 is 54.3. The second-order valence-corrected chi connectivity index (χ2v) is 7.91. The predicted octanol–water partition coefficient (Wildman–Crippen LogP) is -7.85. The zero-order valence-electron chi connectivity index (χ0n) is 5.83. The van der Waals surface area contributed by atoms with Crippen molar-refractivity contribution in [2.75, 3.05) is 0 Å². The molecule has 0 radical (unpaired) electrons. The van der Waals surface area contributed by atoms with Crippen molar-refractivity contribution < 1.29 is 85.7 Å². The molecule has 11 heteroatoms. The molecule has 0 saturated heterocycles. The Hall–Kier alpha value is 2.49. The molecule has 0 aliphatic carbocycles. The van der Waals surface area contributed by atoms with Crippen molar-refractivity contribution in [2.45, 2.75) is 0 Å². The van der Waals surface area contributed by atoms with Crippen molar-refractivity contribution in [1.29, 1.82) is 0 Å². The van der Waals surface area contributed by atoms with Crippen LogP contribution in [-0.4, -0.2) is 26.6 Å². The summed E-state index contributed by atoms with van der Waals surface area (Å²) in [4.78, 5) is 0. The minimum atomic E-state index is -5.09. The van der Waals surface area contributed by atoms with Crippen molar-refractivity contribution in [3.63, 3.8) is 0 Å². The molecule has 60 valence electrons. The molecule has 6 nitrogen and oxygen atoms in total. The van der Waals surface area contributed by atoms with Crippen LogP contribution in [0.4, 0.5) is 0 Å². The van der Waals surface area contributed by atoms with E-state index in [0.29, 0.717) is 0 Å². The number of rotatable bonds is 1. The van der Waals surface area contributed by atoms with Crippen LogP contribution >= 0.6 is 0 Å². The molecule has 0 aliphatic rings. The normalized spacial score (nSPS) is 12.7. The van der Waals surface area contributed by atoms with E-state index >= 15 is 0 Å². The maximum atomic E-state index is 9.73. The van der Waals surface area contributed by atoms with E-state index in [1.807, 2.05) is 0 Å². The average Bonchev–Trinajstić information content (AvgIpc) is 1.14. The van der Waals surface area contributed by atoms with Gasteiger partial charge in [-0.15, -0.1) is 0 Å². The standard InChI is InChI=1S/2Na.H6O6S3/c;;1-8(2,3)7-9(4,5)6/h;;7-8H,(H2,1,2,3)(H2,4,5,6)/q2*+1;/p-2. The van der Waals surface area contributed by atoms with Gasteiger partial charge in [0.15, 0.2) is 0 Å². The SMILES string of the molecule is O=S(O)(O)=[SH][SH](=O)([O-])[O-].[Na+].[Na+]. The van der Waals surface area contributed by atoms with Crippen LogP contribution in [0.2, 0.25) is 0 Å². The van der Waals surface area contributed by atoms with Crippen LogP contribution in [0.5, 0.6) is 0 Å². The predicted molar refractivity (Wildman–Crippen MR) is 33.3 cm³/mol. The van der Waals surface area contributed by atoms with Crippen LogP contribution in [0.1, 0.15) is 0 Å². The molecule has 2 N–H and O–H groups in total. The second-order valence-electron chi connectivity index (χ2n) is 1.02. The van der Waals surface area contributed by atoms with E-state index in [4.69, 9.17) is 9.11 Å². The molecule has 0 heterocycles. The van der Waals surface area contributed by atoms with Gasteiger partial charge in [-0.2, -0.15) is 9.53 Å². The summed E-state index contributed by atoms with van der Waals surface area (Å²) >= 11 is 0. The van der Waals surface area contributed by atoms with Gasteiger partial charge in [0.05, 0.1) is 0 Å². The zero-order chi connectivity index (χ0) is 7.71. The molecule has 0 atom stereocenters. The fourth-order valence-electron chi connectivity index (χ4n) is 0.130. The molecule has 0 aromatic rings. The molecular weight excluding hydrogens is 238 g/mol. The van der Waals surface area contributed by atoms with Crippen LogP contribution in [0, 0.1) is 0 Å². The molecule has 0 amide bonds. The Morgan fingerprint density at radius 1 is 1.27 bits per heavy atom. The van der Waals surface area contributed by atoms with Gasteiger partial charge in [0.1, 0.15) is 0 Å². The van der Waals surface area contributed by atoms with Gasteiger partial charge in [-0.05, 0) is 0 Å². The molecule has 0 aromatic heterocycles. The zero-order valence-corrected chi connectivity index (χ0v) is 12.4. The van der Waals surface area contributed by atoms with Crippen LogP contribution < -0.4 is 59.1 Å². The third-order valence-corrected chi connectivity index (χ3v) is 5.57. The van der Waals surface area contributed by atoms with Crippen LogP contribution in [-0.2, 0) is 27.9 Å².